The van der Waals surface area contributed by atoms with Crippen LogP contribution in [0.4, 0.5) is 0 Å². The Bertz CT molecular complexity index is 742. The summed E-state index contributed by atoms with van der Waals surface area (Å²) >= 11 is 3.33. The van der Waals surface area contributed by atoms with Crippen LogP contribution in [0, 0.1) is 12.8 Å². The lowest BCUT2D eigenvalue weighted by Crippen LogP contribution is -2.39. The van der Waals surface area contributed by atoms with Gasteiger partial charge in [-0.3, -0.25) is 4.99 Å². The first-order valence-corrected chi connectivity index (χ1v) is 11.3. The van der Waals surface area contributed by atoms with E-state index in [0.29, 0.717) is 5.92 Å². The minimum Gasteiger partial charge on any atom is -0.356 e. The summed E-state index contributed by atoms with van der Waals surface area (Å²) in [5, 5.41) is 16.3. The number of halogens is 1. The molecule has 0 radical (unpaired) electrons. The summed E-state index contributed by atoms with van der Waals surface area (Å²) in [6.07, 6.45) is 3.93. The molecule has 0 aliphatic heterocycles. The summed E-state index contributed by atoms with van der Waals surface area (Å²) < 4.78 is 2.25. The number of guanidine groups is 1. The van der Waals surface area contributed by atoms with Gasteiger partial charge in [-0.2, -0.15) is 0 Å². The first kappa shape index (κ1) is 25.2. The van der Waals surface area contributed by atoms with E-state index in [9.17, 15) is 0 Å². The summed E-state index contributed by atoms with van der Waals surface area (Å²) in [5.41, 5.74) is 1.08. The molecule has 0 atom stereocenters. The molecule has 0 spiro atoms. The maximum absolute atomic E-state index is 4.52. The third-order valence-corrected chi connectivity index (χ3v) is 5.51. The van der Waals surface area contributed by atoms with E-state index < -0.39 is 0 Å². The topological polar surface area (TPSA) is 71.2 Å². The Morgan fingerprint density at radius 1 is 1.39 bits per heavy atom. The molecule has 2 heterocycles. The second-order valence-electron chi connectivity index (χ2n) is 6.90. The molecule has 0 saturated heterocycles. The second-order valence-corrected chi connectivity index (χ2v) is 8.73. The van der Waals surface area contributed by atoms with Crippen molar-refractivity contribution >= 4 is 53.0 Å². The van der Waals surface area contributed by atoms with E-state index in [0.717, 1.165) is 60.1 Å². The largest absolute Gasteiger partial charge is 0.356 e. The van der Waals surface area contributed by atoms with Gasteiger partial charge in [0.15, 0.2) is 11.1 Å². The Labute approximate surface area is 193 Å². The molecule has 2 rings (SSSR count). The fourth-order valence-electron chi connectivity index (χ4n) is 2.83. The molecule has 0 aliphatic rings. The zero-order valence-electron chi connectivity index (χ0n) is 17.6. The first-order valence-electron chi connectivity index (χ1n) is 9.23. The fourth-order valence-corrected chi connectivity index (χ4v) is 3.96. The molecule has 10 heteroatoms. The lowest BCUT2D eigenvalue weighted by Gasteiger charge is -2.21. The van der Waals surface area contributed by atoms with Crippen LogP contribution in [0.3, 0.4) is 0 Å². The molecule has 0 aromatic carbocycles. The monoisotopic (exact) mass is 537 g/mol. The Kier molecular flexibility index (Phi) is 11.4. The molecular formula is C18H32IN7S2. The highest BCUT2D eigenvalue weighted by Crippen LogP contribution is 2.16. The standard InChI is InChI=1S/C18H31N7S2.HI/c1-13(2)10-25-16(22-23-18(25)26-6)8-7-9-20-17(19-4)24(5)11-15-12-27-14(3)21-15;/h12-13H,7-11H2,1-6H3,(H,19,20);1H. The van der Waals surface area contributed by atoms with Crippen LogP contribution >= 0.6 is 47.1 Å². The predicted molar refractivity (Wildman–Crippen MR) is 130 cm³/mol. The van der Waals surface area contributed by atoms with E-state index in [1.807, 2.05) is 21.0 Å². The summed E-state index contributed by atoms with van der Waals surface area (Å²) in [6.45, 7) is 9.03. The number of thioether (sulfide) groups is 1. The number of hydrogen-bond donors (Lipinski definition) is 1. The van der Waals surface area contributed by atoms with Crippen molar-refractivity contribution in [2.45, 2.75) is 51.9 Å². The van der Waals surface area contributed by atoms with E-state index in [1.165, 1.54) is 0 Å². The zero-order chi connectivity index (χ0) is 19.8. The number of thiazole rings is 1. The number of nitrogens with one attached hydrogen (secondary N) is 1. The molecule has 2 aromatic heterocycles. The molecule has 0 saturated carbocycles. The molecule has 0 aliphatic carbocycles. The normalized spacial score (nSPS) is 11.6. The van der Waals surface area contributed by atoms with Crippen LogP contribution < -0.4 is 5.32 Å². The van der Waals surface area contributed by atoms with Gasteiger partial charge in [0.25, 0.3) is 0 Å². The second kappa shape index (κ2) is 12.6. The average molecular weight is 538 g/mol. The number of aryl methyl sites for hydroxylation is 2. The highest BCUT2D eigenvalue weighted by molar-refractivity contribution is 14.0. The van der Waals surface area contributed by atoms with E-state index >= 15 is 0 Å². The summed E-state index contributed by atoms with van der Waals surface area (Å²) in [5.74, 6) is 2.52. The van der Waals surface area contributed by atoms with Crippen LogP contribution in [0.1, 0.15) is 36.8 Å². The van der Waals surface area contributed by atoms with Crippen LogP contribution in [0.25, 0.3) is 0 Å². The first-order chi connectivity index (χ1) is 12.9. The van der Waals surface area contributed by atoms with E-state index in [2.05, 4.69) is 60.4 Å². The van der Waals surface area contributed by atoms with Crippen molar-refractivity contribution in [1.82, 2.24) is 30.0 Å². The molecule has 158 valence electrons. The van der Waals surface area contributed by atoms with Crippen molar-refractivity contribution in [3.05, 3.63) is 21.9 Å². The SMILES string of the molecule is CN=C(NCCCc1nnc(SC)n1CC(C)C)N(C)Cc1csc(C)n1.I. The summed E-state index contributed by atoms with van der Waals surface area (Å²) in [6, 6.07) is 0. The van der Waals surface area contributed by atoms with Crippen LogP contribution in [0.2, 0.25) is 0 Å². The van der Waals surface area contributed by atoms with Crippen molar-refractivity contribution in [3.8, 4) is 0 Å². The lowest BCUT2D eigenvalue weighted by atomic mass is 10.2. The van der Waals surface area contributed by atoms with Gasteiger partial charge >= 0.3 is 0 Å². The smallest absolute Gasteiger partial charge is 0.193 e. The van der Waals surface area contributed by atoms with Crippen LogP contribution in [-0.4, -0.2) is 57.5 Å². The third-order valence-electron chi connectivity index (χ3n) is 4.02. The summed E-state index contributed by atoms with van der Waals surface area (Å²) in [4.78, 5) is 11.0. The molecule has 0 fully saturated rings. The fraction of sp³-hybridized carbons (Fsp3) is 0.667. The Morgan fingerprint density at radius 2 is 2.14 bits per heavy atom. The highest BCUT2D eigenvalue weighted by atomic mass is 127. The maximum atomic E-state index is 4.52. The Morgan fingerprint density at radius 3 is 2.71 bits per heavy atom. The quantitative estimate of drug-likeness (QED) is 0.173. The average Bonchev–Trinajstić information content (AvgIpc) is 3.20. The molecule has 28 heavy (non-hydrogen) atoms. The molecule has 2 aromatic rings. The highest BCUT2D eigenvalue weighted by Gasteiger charge is 2.13. The summed E-state index contributed by atoms with van der Waals surface area (Å²) in [7, 11) is 3.85. The van der Waals surface area contributed by atoms with Gasteiger partial charge in [0.1, 0.15) is 5.82 Å². The number of aliphatic imine (C=N–C) groups is 1. The minimum absolute atomic E-state index is 0. The predicted octanol–water partition coefficient (Wildman–Crippen LogP) is 3.68. The van der Waals surface area contributed by atoms with Crippen molar-refractivity contribution < 1.29 is 0 Å². The number of nitrogens with zero attached hydrogens (tertiary/aromatic N) is 6. The van der Waals surface area contributed by atoms with Gasteiger partial charge in [-0.25, -0.2) is 4.98 Å². The van der Waals surface area contributed by atoms with E-state index in [-0.39, 0.29) is 24.0 Å². The molecule has 7 nitrogen and oxygen atoms in total. The molecular weight excluding hydrogens is 505 g/mol. The van der Waals surface area contributed by atoms with Crippen molar-refractivity contribution in [1.29, 1.82) is 0 Å². The van der Waals surface area contributed by atoms with Crippen molar-refractivity contribution in [2.75, 3.05) is 26.9 Å². The Balaban J connectivity index is 0.00000392. The van der Waals surface area contributed by atoms with Gasteiger partial charge in [0, 0.05) is 39.0 Å². The van der Waals surface area contributed by atoms with Gasteiger partial charge in [-0.15, -0.1) is 45.5 Å². The number of hydrogen-bond acceptors (Lipinski definition) is 6. The van der Waals surface area contributed by atoms with Crippen LogP contribution in [-0.2, 0) is 19.5 Å². The van der Waals surface area contributed by atoms with E-state index in [1.54, 1.807) is 23.1 Å². The van der Waals surface area contributed by atoms with Crippen LogP contribution in [0.5, 0.6) is 0 Å². The number of rotatable bonds is 9. The van der Waals surface area contributed by atoms with Gasteiger partial charge in [-0.05, 0) is 25.5 Å². The van der Waals surface area contributed by atoms with Crippen LogP contribution in [0.15, 0.2) is 15.5 Å². The molecule has 1 N–H and O–H groups in total. The van der Waals surface area contributed by atoms with Gasteiger partial charge < -0.3 is 14.8 Å². The minimum atomic E-state index is 0. The van der Waals surface area contributed by atoms with Crippen molar-refractivity contribution in [2.24, 2.45) is 10.9 Å². The van der Waals surface area contributed by atoms with Crippen molar-refractivity contribution in [3.63, 3.8) is 0 Å². The molecule has 0 amide bonds. The maximum Gasteiger partial charge on any atom is 0.193 e. The van der Waals surface area contributed by atoms with Gasteiger partial charge in [-0.1, -0.05) is 25.6 Å². The van der Waals surface area contributed by atoms with Gasteiger partial charge in [0.05, 0.1) is 17.2 Å². The zero-order valence-corrected chi connectivity index (χ0v) is 21.6. The molecule has 0 bridgehead atoms. The lowest BCUT2D eigenvalue weighted by molar-refractivity contribution is 0.465. The Hall–Kier alpha value is -0.880. The van der Waals surface area contributed by atoms with E-state index in [4.69, 9.17) is 0 Å². The van der Waals surface area contributed by atoms with Gasteiger partial charge in [0.2, 0.25) is 0 Å². The third kappa shape index (κ3) is 7.51. The number of aromatic nitrogens is 4. The molecule has 0 unspecified atom stereocenters.